The van der Waals surface area contributed by atoms with Gasteiger partial charge in [0.05, 0.1) is 5.02 Å². The average molecular weight is 213 g/mol. The van der Waals surface area contributed by atoms with Crippen LogP contribution in [0.25, 0.3) is 10.9 Å². The minimum absolute atomic E-state index is 0.00810. The molecule has 2 rings (SSSR count). The number of halogens is 2. The van der Waals surface area contributed by atoms with Gasteiger partial charge in [0.15, 0.2) is 0 Å². The van der Waals surface area contributed by atoms with Crippen molar-refractivity contribution in [2.24, 2.45) is 5.73 Å². The monoisotopic (exact) mass is 212 g/mol. The van der Waals surface area contributed by atoms with Crippen molar-refractivity contribution < 1.29 is 9.18 Å². The highest BCUT2D eigenvalue weighted by Crippen LogP contribution is 2.26. The van der Waals surface area contributed by atoms with Crippen LogP contribution in [0.15, 0.2) is 18.2 Å². The molecule has 1 aromatic heterocycles. The number of aromatic nitrogens is 1. The first kappa shape index (κ1) is 9.02. The van der Waals surface area contributed by atoms with Gasteiger partial charge in [0.1, 0.15) is 11.5 Å². The lowest BCUT2D eigenvalue weighted by molar-refractivity contribution is 0.0996. The first-order valence-corrected chi connectivity index (χ1v) is 4.24. The first-order valence-electron chi connectivity index (χ1n) is 3.86. The van der Waals surface area contributed by atoms with E-state index in [0.717, 1.165) is 0 Å². The number of aromatic amines is 1. The average Bonchev–Trinajstić information content (AvgIpc) is 2.56. The summed E-state index contributed by atoms with van der Waals surface area (Å²) >= 11 is 5.70. The Morgan fingerprint density at radius 3 is 2.86 bits per heavy atom. The summed E-state index contributed by atoms with van der Waals surface area (Å²) in [5.74, 6) is -1.12. The van der Waals surface area contributed by atoms with Crippen LogP contribution in [0.3, 0.4) is 0 Å². The van der Waals surface area contributed by atoms with Gasteiger partial charge in [-0.1, -0.05) is 11.6 Å². The molecule has 0 bridgehead atoms. The zero-order chi connectivity index (χ0) is 10.3. The van der Waals surface area contributed by atoms with Crippen LogP contribution < -0.4 is 5.73 Å². The van der Waals surface area contributed by atoms with Crippen molar-refractivity contribution >= 4 is 28.4 Å². The molecule has 0 unspecified atom stereocenters. The summed E-state index contributed by atoms with van der Waals surface area (Å²) in [4.78, 5) is 13.6. The predicted molar refractivity (Wildman–Crippen MR) is 51.8 cm³/mol. The van der Waals surface area contributed by atoms with Crippen molar-refractivity contribution in [1.29, 1.82) is 0 Å². The second-order valence-electron chi connectivity index (χ2n) is 2.87. The Balaban J connectivity index is 2.77. The van der Waals surface area contributed by atoms with Crippen LogP contribution in [0, 0.1) is 5.82 Å². The number of fused-ring (bicyclic) bond motifs is 1. The van der Waals surface area contributed by atoms with Gasteiger partial charge < -0.3 is 10.7 Å². The standard InChI is InChI=1S/C9H6ClFN2O/c10-8-4-3-7(9(12)14)13-6(4)2-1-5(8)11/h1-3,13H,(H2,12,14). The molecule has 0 saturated carbocycles. The Bertz CT molecular complexity index is 521. The molecule has 3 nitrogen and oxygen atoms in total. The van der Waals surface area contributed by atoms with E-state index < -0.39 is 11.7 Å². The van der Waals surface area contributed by atoms with Gasteiger partial charge in [-0.15, -0.1) is 0 Å². The lowest BCUT2D eigenvalue weighted by Crippen LogP contribution is -2.10. The van der Waals surface area contributed by atoms with Crippen LogP contribution in [-0.4, -0.2) is 10.9 Å². The molecular formula is C9H6ClFN2O. The maximum absolute atomic E-state index is 13.0. The highest BCUT2D eigenvalue weighted by atomic mass is 35.5. The zero-order valence-corrected chi connectivity index (χ0v) is 7.73. The van der Waals surface area contributed by atoms with Crippen LogP contribution in [0.2, 0.25) is 5.02 Å². The van der Waals surface area contributed by atoms with Gasteiger partial charge >= 0.3 is 0 Å². The molecule has 1 amide bonds. The van der Waals surface area contributed by atoms with Gasteiger partial charge in [-0.05, 0) is 18.2 Å². The fourth-order valence-electron chi connectivity index (χ4n) is 1.27. The van der Waals surface area contributed by atoms with Crippen LogP contribution in [0.4, 0.5) is 4.39 Å². The van der Waals surface area contributed by atoms with Crippen molar-refractivity contribution in [2.45, 2.75) is 0 Å². The molecule has 1 aromatic carbocycles. The lowest BCUT2D eigenvalue weighted by atomic mass is 10.2. The van der Waals surface area contributed by atoms with Gasteiger partial charge in [0.25, 0.3) is 5.91 Å². The number of carbonyl (C=O) groups is 1. The number of amides is 1. The van der Waals surface area contributed by atoms with Gasteiger partial charge in [-0.3, -0.25) is 4.79 Å². The van der Waals surface area contributed by atoms with E-state index in [2.05, 4.69) is 4.98 Å². The molecule has 0 fully saturated rings. The second-order valence-corrected chi connectivity index (χ2v) is 3.25. The summed E-state index contributed by atoms with van der Waals surface area (Å²) in [6, 6.07) is 4.16. The highest BCUT2D eigenvalue weighted by molar-refractivity contribution is 6.35. The topological polar surface area (TPSA) is 58.9 Å². The van der Waals surface area contributed by atoms with Gasteiger partial charge in [0, 0.05) is 10.9 Å². The van der Waals surface area contributed by atoms with Gasteiger partial charge in [0.2, 0.25) is 0 Å². The van der Waals surface area contributed by atoms with E-state index in [4.69, 9.17) is 17.3 Å². The van der Waals surface area contributed by atoms with Crippen molar-refractivity contribution in [3.8, 4) is 0 Å². The fraction of sp³-hybridized carbons (Fsp3) is 0. The minimum Gasteiger partial charge on any atom is -0.364 e. The lowest BCUT2D eigenvalue weighted by Gasteiger charge is -1.93. The Hall–Kier alpha value is -1.55. The third-order valence-corrected chi connectivity index (χ3v) is 2.34. The number of nitrogens with one attached hydrogen (secondary N) is 1. The summed E-state index contributed by atoms with van der Waals surface area (Å²) in [6.45, 7) is 0. The van der Waals surface area contributed by atoms with Crippen molar-refractivity contribution in [1.82, 2.24) is 4.98 Å². The zero-order valence-electron chi connectivity index (χ0n) is 6.97. The molecule has 72 valence electrons. The summed E-state index contributed by atoms with van der Waals surface area (Å²) < 4.78 is 13.0. The molecule has 2 aromatic rings. The number of rotatable bonds is 1. The molecule has 0 saturated heterocycles. The van der Waals surface area contributed by atoms with Gasteiger partial charge in [-0.25, -0.2) is 4.39 Å². The van der Waals surface area contributed by atoms with E-state index in [9.17, 15) is 9.18 Å². The van der Waals surface area contributed by atoms with E-state index in [1.54, 1.807) is 0 Å². The quantitative estimate of drug-likeness (QED) is 0.747. The molecule has 0 radical (unpaired) electrons. The van der Waals surface area contributed by atoms with Crippen LogP contribution in [0.5, 0.6) is 0 Å². The van der Waals surface area contributed by atoms with E-state index in [1.165, 1.54) is 18.2 Å². The van der Waals surface area contributed by atoms with Crippen LogP contribution in [-0.2, 0) is 0 Å². The van der Waals surface area contributed by atoms with Crippen LogP contribution in [0.1, 0.15) is 10.5 Å². The summed E-state index contributed by atoms with van der Waals surface area (Å²) in [5.41, 5.74) is 5.86. The molecular weight excluding hydrogens is 207 g/mol. The van der Waals surface area contributed by atoms with E-state index in [1.807, 2.05) is 0 Å². The molecule has 0 aliphatic carbocycles. The fourth-order valence-corrected chi connectivity index (χ4v) is 1.49. The van der Waals surface area contributed by atoms with E-state index >= 15 is 0 Å². The highest BCUT2D eigenvalue weighted by Gasteiger charge is 2.10. The smallest absolute Gasteiger partial charge is 0.265 e. The number of carbonyl (C=O) groups excluding carboxylic acids is 1. The largest absolute Gasteiger partial charge is 0.364 e. The molecule has 1 heterocycles. The number of benzene rings is 1. The van der Waals surface area contributed by atoms with E-state index in [0.29, 0.717) is 10.9 Å². The van der Waals surface area contributed by atoms with Gasteiger partial charge in [-0.2, -0.15) is 0 Å². The number of primary amides is 1. The number of hydrogen-bond donors (Lipinski definition) is 2. The Morgan fingerprint density at radius 2 is 2.21 bits per heavy atom. The number of H-pyrrole nitrogens is 1. The maximum atomic E-state index is 13.0. The summed E-state index contributed by atoms with van der Waals surface area (Å²) in [6.07, 6.45) is 0. The summed E-state index contributed by atoms with van der Waals surface area (Å²) in [7, 11) is 0. The molecule has 3 N–H and O–H groups in total. The number of hydrogen-bond acceptors (Lipinski definition) is 1. The third kappa shape index (κ3) is 1.24. The Morgan fingerprint density at radius 1 is 1.50 bits per heavy atom. The maximum Gasteiger partial charge on any atom is 0.265 e. The minimum atomic E-state index is -0.599. The van der Waals surface area contributed by atoms with Crippen molar-refractivity contribution in [3.63, 3.8) is 0 Å². The molecule has 0 spiro atoms. The first-order chi connectivity index (χ1) is 6.59. The van der Waals surface area contributed by atoms with Crippen molar-refractivity contribution in [3.05, 3.63) is 34.7 Å². The molecule has 14 heavy (non-hydrogen) atoms. The molecule has 0 atom stereocenters. The molecule has 0 aliphatic heterocycles. The Labute approximate surface area is 83.7 Å². The van der Waals surface area contributed by atoms with Crippen LogP contribution >= 0.6 is 11.6 Å². The van der Waals surface area contributed by atoms with E-state index in [-0.39, 0.29) is 10.7 Å². The SMILES string of the molecule is NC(=O)c1cc2c(Cl)c(F)ccc2[nH]1. The molecule has 0 aliphatic rings. The predicted octanol–water partition coefficient (Wildman–Crippen LogP) is 2.06. The summed E-state index contributed by atoms with van der Waals surface area (Å²) in [5, 5.41) is 0.451. The molecule has 5 heteroatoms. The number of nitrogens with two attached hydrogens (primary N) is 1. The normalized spacial score (nSPS) is 10.7. The Kier molecular flexibility index (Phi) is 1.93. The second kappa shape index (κ2) is 2.99. The van der Waals surface area contributed by atoms with Crippen molar-refractivity contribution in [2.75, 3.05) is 0 Å². The third-order valence-electron chi connectivity index (χ3n) is 1.96.